The van der Waals surface area contributed by atoms with Crippen molar-refractivity contribution in [2.75, 3.05) is 7.11 Å². The second-order valence-electron chi connectivity index (χ2n) is 6.91. The van der Waals surface area contributed by atoms with Crippen molar-refractivity contribution >= 4 is 5.78 Å². The highest BCUT2D eigenvalue weighted by atomic mass is 16.5. The average Bonchev–Trinajstić information content (AvgIpc) is 2.71. The number of ketones is 1. The second-order valence-corrected chi connectivity index (χ2v) is 6.91. The van der Waals surface area contributed by atoms with E-state index in [2.05, 4.69) is 19.1 Å². The number of carbonyl (C=O) groups is 1. The number of rotatable bonds is 14. The predicted octanol–water partition coefficient (Wildman–Crippen LogP) is 5.63. The molecule has 30 heavy (non-hydrogen) atoms. The summed E-state index contributed by atoms with van der Waals surface area (Å²) in [7, 11) is 1.42. The summed E-state index contributed by atoms with van der Waals surface area (Å²) in [5, 5.41) is 29.7. The molecule has 0 radical (unpaired) electrons. The number of Topliss-reactive ketones (excluding diaryl/α,β-unsaturated/α-hetero) is 1. The van der Waals surface area contributed by atoms with Crippen LogP contribution in [0.1, 0.15) is 62.2 Å². The number of phenols is 2. The zero-order valence-corrected chi connectivity index (χ0v) is 18.0. The van der Waals surface area contributed by atoms with E-state index in [1.54, 1.807) is 6.08 Å². The maximum Gasteiger partial charge on any atom is 0.170 e. The molecule has 5 heteroatoms. The van der Waals surface area contributed by atoms with Crippen LogP contribution in [0.3, 0.4) is 0 Å². The summed E-state index contributed by atoms with van der Waals surface area (Å²) in [5.74, 6) is -0.545. The van der Waals surface area contributed by atoms with Gasteiger partial charge in [0.1, 0.15) is 22.8 Å². The summed E-state index contributed by atoms with van der Waals surface area (Å²) in [6, 6.07) is 2.63. The number of ether oxygens (including phenoxy) is 1. The fourth-order valence-electron chi connectivity index (χ4n) is 2.79. The quantitative estimate of drug-likeness (QED) is 0.159. The molecular formula is C25H34O5. The van der Waals surface area contributed by atoms with Crippen molar-refractivity contribution < 1.29 is 24.9 Å². The van der Waals surface area contributed by atoms with Crippen LogP contribution >= 0.6 is 0 Å². The standard InChI is InChI=1S/C25H34O5/c1-3-4-5-6-7-9-12-15-20(26)16-13-10-8-11-14-17-22(27)25-23(28)18-21(30-2)19-24(25)29/h4-5,7,9-10,12-13,15,18-20,26,28-29H,3,6,8,11,14,16-17H2,1-2H3/b5-4-,9-7-,13-10-,15-12+. The summed E-state index contributed by atoms with van der Waals surface area (Å²) in [4.78, 5) is 12.2. The number of aliphatic hydroxyl groups is 1. The van der Waals surface area contributed by atoms with E-state index in [1.165, 1.54) is 19.2 Å². The monoisotopic (exact) mass is 414 g/mol. The Kier molecular flexibility index (Phi) is 12.7. The van der Waals surface area contributed by atoms with E-state index in [0.29, 0.717) is 18.6 Å². The maximum atomic E-state index is 12.2. The summed E-state index contributed by atoms with van der Waals surface area (Å²) in [6.45, 7) is 2.10. The first kappa shape index (κ1) is 25.2. The first-order valence-corrected chi connectivity index (χ1v) is 10.4. The lowest BCUT2D eigenvalue weighted by Gasteiger charge is -2.08. The zero-order valence-electron chi connectivity index (χ0n) is 18.0. The molecule has 5 nitrogen and oxygen atoms in total. The normalized spacial score (nSPS) is 13.2. The first-order chi connectivity index (χ1) is 14.5. The molecule has 0 heterocycles. The Morgan fingerprint density at radius 1 is 1.03 bits per heavy atom. The smallest absolute Gasteiger partial charge is 0.170 e. The first-order valence-electron chi connectivity index (χ1n) is 10.4. The van der Waals surface area contributed by atoms with Gasteiger partial charge in [-0.15, -0.1) is 0 Å². The summed E-state index contributed by atoms with van der Waals surface area (Å²) in [5.41, 5.74) is -0.0586. The van der Waals surface area contributed by atoms with Crippen molar-refractivity contribution in [3.63, 3.8) is 0 Å². The number of unbranched alkanes of at least 4 members (excludes halogenated alkanes) is 2. The number of hydrogen-bond acceptors (Lipinski definition) is 5. The average molecular weight is 415 g/mol. The fraction of sp³-hybridized carbons (Fsp3) is 0.400. The van der Waals surface area contributed by atoms with Crippen molar-refractivity contribution in [2.24, 2.45) is 0 Å². The van der Waals surface area contributed by atoms with Crippen molar-refractivity contribution in [3.05, 3.63) is 66.3 Å². The molecule has 0 saturated carbocycles. The van der Waals surface area contributed by atoms with Gasteiger partial charge in [-0.05, 0) is 38.5 Å². The van der Waals surface area contributed by atoms with Crippen molar-refractivity contribution in [2.45, 2.75) is 58.0 Å². The van der Waals surface area contributed by atoms with Crippen molar-refractivity contribution in [1.82, 2.24) is 0 Å². The summed E-state index contributed by atoms with van der Waals surface area (Å²) in [6.07, 6.45) is 20.2. The van der Waals surface area contributed by atoms with Gasteiger partial charge in [0.15, 0.2) is 5.78 Å². The lowest BCUT2D eigenvalue weighted by molar-refractivity contribution is 0.0974. The molecule has 1 atom stereocenters. The lowest BCUT2D eigenvalue weighted by atomic mass is 10.0. The number of hydrogen-bond donors (Lipinski definition) is 3. The van der Waals surface area contributed by atoms with Gasteiger partial charge in [-0.25, -0.2) is 0 Å². The van der Waals surface area contributed by atoms with Gasteiger partial charge in [0, 0.05) is 18.6 Å². The molecule has 0 aromatic heterocycles. The van der Waals surface area contributed by atoms with Gasteiger partial charge < -0.3 is 20.1 Å². The molecular weight excluding hydrogens is 380 g/mol. The SMILES string of the molecule is CC/C=C\C/C=C\C=C\C(O)C/C=C\CCCCC(=O)c1c(O)cc(OC)cc1O. The minimum absolute atomic E-state index is 0.0586. The number of phenolic OH excluding ortho intramolecular Hbond substituents is 2. The molecule has 0 aliphatic carbocycles. The van der Waals surface area contributed by atoms with E-state index in [-0.39, 0.29) is 29.3 Å². The van der Waals surface area contributed by atoms with E-state index in [4.69, 9.17) is 4.74 Å². The van der Waals surface area contributed by atoms with Gasteiger partial charge in [0.05, 0.1) is 13.2 Å². The van der Waals surface area contributed by atoms with Gasteiger partial charge in [0.2, 0.25) is 0 Å². The maximum absolute atomic E-state index is 12.2. The summed E-state index contributed by atoms with van der Waals surface area (Å²) >= 11 is 0. The van der Waals surface area contributed by atoms with Gasteiger partial charge in [-0.3, -0.25) is 4.79 Å². The minimum atomic E-state index is -0.514. The molecule has 1 unspecified atom stereocenters. The zero-order chi connectivity index (χ0) is 22.2. The minimum Gasteiger partial charge on any atom is -0.507 e. The van der Waals surface area contributed by atoms with E-state index in [9.17, 15) is 20.1 Å². The van der Waals surface area contributed by atoms with Crippen molar-refractivity contribution in [1.29, 1.82) is 0 Å². The van der Waals surface area contributed by atoms with Crippen LogP contribution in [0.5, 0.6) is 17.2 Å². The molecule has 0 aliphatic heterocycles. The Labute approximate surface area is 179 Å². The largest absolute Gasteiger partial charge is 0.507 e. The Morgan fingerprint density at radius 2 is 1.77 bits per heavy atom. The number of aromatic hydroxyl groups is 2. The summed E-state index contributed by atoms with van der Waals surface area (Å²) < 4.78 is 4.94. The molecule has 1 aromatic rings. The second kappa shape index (κ2) is 15.1. The van der Waals surface area contributed by atoms with Gasteiger partial charge >= 0.3 is 0 Å². The number of aliphatic hydroxyl groups excluding tert-OH is 1. The van der Waals surface area contributed by atoms with Crippen LogP contribution in [0.4, 0.5) is 0 Å². The molecule has 0 aliphatic rings. The highest BCUT2D eigenvalue weighted by molar-refractivity contribution is 6.01. The highest BCUT2D eigenvalue weighted by Gasteiger charge is 2.17. The number of benzene rings is 1. The molecule has 0 fully saturated rings. The number of methoxy groups -OCH3 is 1. The van der Waals surface area contributed by atoms with Crippen LogP contribution in [0.15, 0.2) is 60.7 Å². The van der Waals surface area contributed by atoms with E-state index < -0.39 is 6.10 Å². The third-order valence-electron chi connectivity index (χ3n) is 4.41. The molecule has 0 amide bonds. The van der Waals surface area contributed by atoms with E-state index >= 15 is 0 Å². The van der Waals surface area contributed by atoms with Crippen LogP contribution in [0.25, 0.3) is 0 Å². The highest BCUT2D eigenvalue weighted by Crippen LogP contribution is 2.33. The number of carbonyl (C=O) groups excluding carboxylic acids is 1. The van der Waals surface area contributed by atoms with Crippen LogP contribution in [0, 0.1) is 0 Å². The molecule has 3 N–H and O–H groups in total. The fourth-order valence-corrected chi connectivity index (χ4v) is 2.79. The Balaban J connectivity index is 2.25. The Bertz CT molecular complexity index is 736. The van der Waals surface area contributed by atoms with Crippen LogP contribution in [-0.2, 0) is 0 Å². The van der Waals surface area contributed by atoms with Crippen molar-refractivity contribution in [3.8, 4) is 17.2 Å². The van der Waals surface area contributed by atoms with Crippen LogP contribution in [0.2, 0.25) is 0 Å². The molecule has 1 aromatic carbocycles. The number of allylic oxidation sites excluding steroid dienone is 6. The van der Waals surface area contributed by atoms with Crippen LogP contribution < -0.4 is 4.74 Å². The van der Waals surface area contributed by atoms with E-state index in [1.807, 2.05) is 30.4 Å². The molecule has 0 spiro atoms. The molecule has 0 saturated heterocycles. The third kappa shape index (κ3) is 10.1. The Hall–Kier alpha value is -2.79. The molecule has 164 valence electrons. The molecule has 0 bridgehead atoms. The van der Waals surface area contributed by atoms with E-state index in [0.717, 1.165) is 25.7 Å². The third-order valence-corrected chi connectivity index (χ3v) is 4.41. The predicted molar refractivity (Wildman–Crippen MR) is 121 cm³/mol. The van der Waals surface area contributed by atoms with Gasteiger partial charge in [-0.1, -0.05) is 55.5 Å². The van der Waals surface area contributed by atoms with Gasteiger partial charge in [0.25, 0.3) is 0 Å². The molecule has 1 rings (SSSR count). The Morgan fingerprint density at radius 3 is 2.43 bits per heavy atom. The lowest BCUT2D eigenvalue weighted by Crippen LogP contribution is -2.01. The van der Waals surface area contributed by atoms with Crippen LogP contribution in [-0.4, -0.2) is 34.3 Å². The van der Waals surface area contributed by atoms with Gasteiger partial charge in [-0.2, -0.15) is 0 Å². The topological polar surface area (TPSA) is 87.0 Å².